The Balaban J connectivity index is 1.48. The van der Waals surface area contributed by atoms with Crippen molar-refractivity contribution < 1.29 is 9.53 Å². The van der Waals surface area contributed by atoms with Crippen LogP contribution in [0.5, 0.6) is 0 Å². The van der Waals surface area contributed by atoms with E-state index in [1.807, 2.05) is 24.3 Å². The molecule has 1 amide bonds. The Hall–Kier alpha value is -2.34. The first-order chi connectivity index (χ1) is 13.7. The number of fused-ring (bicyclic) bond motifs is 2. The lowest BCUT2D eigenvalue weighted by atomic mass is 10.1. The third-order valence-electron chi connectivity index (χ3n) is 4.76. The van der Waals surface area contributed by atoms with Crippen LogP contribution in [0.15, 0.2) is 29.4 Å². The summed E-state index contributed by atoms with van der Waals surface area (Å²) in [6.07, 6.45) is 3.03. The number of imidazole rings is 1. The minimum absolute atomic E-state index is 0.119. The zero-order valence-electron chi connectivity index (χ0n) is 15.5. The fraction of sp³-hybridized carbons (Fsp3) is 0.350. The maximum Gasteiger partial charge on any atom is 0.235 e. The number of benzene rings is 1. The van der Waals surface area contributed by atoms with Crippen molar-refractivity contribution in [2.24, 2.45) is 0 Å². The van der Waals surface area contributed by atoms with Gasteiger partial charge in [-0.1, -0.05) is 23.9 Å². The fourth-order valence-corrected chi connectivity index (χ4v) is 5.56. The first kappa shape index (κ1) is 19.0. The second-order valence-corrected chi connectivity index (χ2v) is 8.59. The SMILES string of the molecule is COCCn1c(SCC(=O)Nc2sc3c(c2C#N)CCC3)nc2ccccc21. The highest BCUT2D eigenvalue weighted by molar-refractivity contribution is 7.99. The molecule has 4 rings (SSSR count). The number of carbonyl (C=O) groups excluding carboxylic acids is 1. The molecular formula is C20H20N4O2S2. The summed E-state index contributed by atoms with van der Waals surface area (Å²) >= 11 is 2.94. The maximum atomic E-state index is 12.5. The Morgan fingerprint density at radius 1 is 1.43 bits per heavy atom. The van der Waals surface area contributed by atoms with Gasteiger partial charge in [-0.25, -0.2) is 4.98 Å². The molecule has 3 aromatic rings. The number of para-hydroxylation sites is 2. The van der Waals surface area contributed by atoms with Crippen molar-refractivity contribution in [2.45, 2.75) is 31.0 Å². The molecule has 0 radical (unpaired) electrons. The van der Waals surface area contributed by atoms with Gasteiger partial charge >= 0.3 is 0 Å². The van der Waals surface area contributed by atoms with Crippen LogP contribution in [0, 0.1) is 11.3 Å². The molecule has 1 aromatic carbocycles. The molecule has 0 saturated heterocycles. The van der Waals surface area contributed by atoms with E-state index in [-0.39, 0.29) is 11.7 Å². The minimum Gasteiger partial charge on any atom is -0.383 e. The molecule has 2 heterocycles. The summed E-state index contributed by atoms with van der Waals surface area (Å²) in [7, 11) is 1.67. The number of aryl methyl sites for hydroxylation is 1. The average molecular weight is 413 g/mol. The van der Waals surface area contributed by atoms with E-state index in [0.29, 0.717) is 23.7 Å². The van der Waals surface area contributed by atoms with Crippen LogP contribution in [-0.4, -0.2) is 34.9 Å². The van der Waals surface area contributed by atoms with Crippen molar-refractivity contribution in [3.8, 4) is 6.07 Å². The molecule has 1 aliphatic carbocycles. The topological polar surface area (TPSA) is 79.9 Å². The van der Waals surface area contributed by atoms with Gasteiger partial charge in [0.05, 0.1) is 29.0 Å². The maximum absolute atomic E-state index is 12.5. The molecule has 2 aromatic heterocycles. The molecule has 28 heavy (non-hydrogen) atoms. The number of hydrogen-bond donors (Lipinski definition) is 1. The Bertz CT molecular complexity index is 1060. The number of aromatic nitrogens is 2. The molecule has 0 aliphatic heterocycles. The zero-order chi connectivity index (χ0) is 19.5. The van der Waals surface area contributed by atoms with Gasteiger partial charge in [0, 0.05) is 18.5 Å². The third kappa shape index (κ3) is 3.65. The van der Waals surface area contributed by atoms with Gasteiger partial charge < -0.3 is 14.6 Å². The van der Waals surface area contributed by atoms with Gasteiger partial charge in [-0.15, -0.1) is 11.3 Å². The van der Waals surface area contributed by atoms with E-state index in [2.05, 4.69) is 20.9 Å². The molecular weight excluding hydrogens is 392 g/mol. The largest absolute Gasteiger partial charge is 0.383 e. The first-order valence-electron chi connectivity index (χ1n) is 9.12. The van der Waals surface area contributed by atoms with Crippen molar-refractivity contribution in [3.05, 3.63) is 40.3 Å². The number of nitrogens with one attached hydrogen (secondary N) is 1. The summed E-state index contributed by atoms with van der Waals surface area (Å²) in [6.45, 7) is 1.25. The summed E-state index contributed by atoms with van der Waals surface area (Å²) in [5.41, 5.74) is 3.70. The van der Waals surface area contributed by atoms with Crippen LogP contribution < -0.4 is 5.32 Å². The van der Waals surface area contributed by atoms with E-state index in [1.165, 1.54) is 16.6 Å². The number of ether oxygens (including phenoxy) is 1. The normalized spacial score (nSPS) is 12.9. The second-order valence-electron chi connectivity index (χ2n) is 6.54. The van der Waals surface area contributed by atoms with Gasteiger partial charge in [-0.2, -0.15) is 5.26 Å². The van der Waals surface area contributed by atoms with Gasteiger partial charge in [0.2, 0.25) is 5.91 Å². The van der Waals surface area contributed by atoms with Gasteiger partial charge in [-0.05, 0) is 37.0 Å². The molecule has 0 spiro atoms. The van der Waals surface area contributed by atoms with Gasteiger partial charge in [-0.3, -0.25) is 4.79 Å². The quantitative estimate of drug-likeness (QED) is 0.597. The van der Waals surface area contributed by atoms with Crippen LogP contribution in [0.25, 0.3) is 11.0 Å². The molecule has 1 aliphatic rings. The van der Waals surface area contributed by atoms with Crippen molar-refractivity contribution in [3.63, 3.8) is 0 Å². The van der Waals surface area contributed by atoms with Crippen LogP contribution in [0.1, 0.15) is 22.4 Å². The van der Waals surface area contributed by atoms with Crippen molar-refractivity contribution in [2.75, 3.05) is 24.8 Å². The van der Waals surface area contributed by atoms with E-state index >= 15 is 0 Å². The predicted octanol–water partition coefficient (Wildman–Crippen LogP) is 3.84. The summed E-state index contributed by atoms with van der Waals surface area (Å²) < 4.78 is 7.29. The van der Waals surface area contributed by atoms with Gasteiger partial charge in [0.25, 0.3) is 0 Å². The molecule has 0 bridgehead atoms. The number of rotatable bonds is 7. The molecule has 6 nitrogen and oxygen atoms in total. The highest BCUT2D eigenvalue weighted by Gasteiger charge is 2.23. The molecule has 0 fully saturated rings. The summed E-state index contributed by atoms with van der Waals surface area (Å²) in [5, 5.41) is 13.9. The minimum atomic E-state index is -0.119. The Morgan fingerprint density at radius 2 is 2.29 bits per heavy atom. The van der Waals surface area contributed by atoms with Crippen molar-refractivity contribution in [1.29, 1.82) is 5.26 Å². The Morgan fingerprint density at radius 3 is 3.11 bits per heavy atom. The van der Waals surface area contributed by atoms with E-state index in [1.54, 1.807) is 18.4 Å². The van der Waals surface area contributed by atoms with Crippen LogP contribution in [0.3, 0.4) is 0 Å². The lowest BCUT2D eigenvalue weighted by Crippen LogP contribution is -2.15. The van der Waals surface area contributed by atoms with E-state index in [9.17, 15) is 10.1 Å². The van der Waals surface area contributed by atoms with Crippen molar-refractivity contribution >= 4 is 45.0 Å². The average Bonchev–Trinajstić information content (AvgIpc) is 3.37. The fourth-order valence-electron chi connectivity index (χ4n) is 3.47. The van der Waals surface area contributed by atoms with Crippen LogP contribution in [0.4, 0.5) is 5.00 Å². The number of methoxy groups -OCH3 is 1. The molecule has 0 saturated carbocycles. The number of nitrogens with zero attached hydrogens (tertiary/aromatic N) is 3. The second kappa shape index (κ2) is 8.35. The Labute approximate surface area is 171 Å². The first-order valence-corrected chi connectivity index (χ1v) is 10.9. The lowest BCUT2D eigenvalue weighted by Gasteiger charge is -2.08. The smallest absolute Gasteiger partial charge is 0.235 e. The zero-order valence-corrected chi connectivity index (χ0v) is 17.2. The number of amides is 1. The highest BCUT2D eigenvalue weighted by atomic mass is 32.2. The number of thioether (sulfide) groups is 1. The van der Waals surface area contributed by atoms with Crippen molar-refractivity contribution in [1.82, 2.24) is 9.55 Å². The summed E-state index contributed by atoms with van der Waals surface area (Å²) in [6, 6.07) is 10.2. The summed E-state index contributed by atoms with van der Waals surface area (Å²) in [5.74, 6) is 0.121. The number of anilines is 1. The van der Waals surface area contributed by atoms with Crippen LogP contribution in [-0.2, 0) is 28.9 Å². The number of nitriles is 1. The van der Waals surface area contributed by atoms with E-state index in [0.717, 1.165) is 41.0 Å². The van der Waals surface area contributed by atoms with Crippen LogP contribution >= 0.6 is 23.1 Å². The molecule has 0 atom stereocenters. The lowest BCUT2D eigenvalue weighted by molar-refractivity contribution is -0.113. The summed E-state index contributed by atoms with van der Waals surface area (Å²) in [4.78, 5) is 18.4. The number of carbonyl (C=O) groups is 1. The van der Waals surface area contributed by atoms with Gasteiger partial charge in [0.15, 0.2) is 5.16 Å². The number of thiophene rings is 1. The molecule has 144 valence electrons. The third-order valence-corrected chi connectivity index (χ3v) is 6.94. The molecule has 8 heteroatoms. The standard InChI is InChI=1S/C20H20N4O2S2/c1-26-10-9-24-16-7-3-2-6-15(16)22-20(24)27-12-18(25)23-19-14(11-21)13-5-4-8-17(13)28-19/h2-3,6-7H,4-5,8-10,12H2,1H3,(H,23,25). The van der Waals surface area contributed by atoms with Crippen LogP contribution in [0.2, 0.25) is 0 Å². The predicted molar refractivity (Wildman–Crippen MR) is 112 cm³/mol. The molecule has 0 unspecified atom stereocenters. The monoisotopic (exact) mass is 412 g/mol. The number of hydrogen-bond acceptors (Lipinski definition) is 6. The molecule has 1 N–H and O–H groups in total. The Kier molecular flexibility index (Phi) is 5.67. The highest BCUT2D eigenvalue weighted by Crippen LogP contribution is 2.38. The van der Waals surface area contributed by atoms with E-state index < -0.39 is 0 Å². The van der Waals surface area contributed by atoms with Gasteiger partial charge in [0.1, 0.15) is 11.1 Å². The van der Waals surface area contributed by atoms with E-state index in [4.69, 9.17) is 4.74 Å².